The average molecular weight is 369 g/mol. The number of hydrogen-bond donors (Lipinski definition) is 1. The maximum Gasteiger partial charge on any atom is 0.339 e. The molecule has 27 heavy (non-hydrogen) atoms. The lowest BCUT2D eigenvalue weighted by Crippen LogP contribution is -2.42. The molecule has 6 nitrogen and oxygen atoms in total. The van der Waals surface area contributed by atoms with Crippen LogP contribution in [0.4, 0.5) is 5.69 Å². The fourth-order valence-electron chi connectivity index (χ4n) is 3.54. The minimum Gasteiger partial charge on any atom is -0.507 e. The van der Waals surface area contributed by atoms with Gasteiger partial charge in [0.2, 0.25) is 0 Å². The molecule has 142 valence electrons. The second-order valence-electron chi connectivity index (χ2n) is 6.30. The summed E-state index contributed by atoms with van der Waals surface area (Å²) in [7, 11) is 1.81. The molecule has 1 aliphatic heterocycles. The van der Waals surface area contributed by atoms with E-state index in [0.29, 0.717) is 5.56 Å². The predicted octanol–water partition coefficient (Wildman–Crippen LogP) is 3.44. The molecule has 1 atom stereocenters. The molecule has 0 bridgehead atoms. The number of nitrogens with zero attached hydrogens (tertiary/aromatic N) is 1. The number of carbonyl (C=O) groups is 2. The highest BCUT2D eigenvalue weighted by Crippen LogP contribution is 2.42. The molecule has 0 saturated carbocycles. The molecule has 0 amide bonds. The summed E-state index contributed by atoms with van der Waals surface area (Å²) in [5.41, 5.74) is 1.39. The lowest BCUT2D eigenvalue weighted by atomic mass is 9.89. The molecule has 0 aliphatic carbocycles. The van der Waals surface area contributed by atoms with E-state index in [-0.39, 0.29) is 31.0 Å². The fraction of sp³-hybridized carbons (Fsp3) is 0.333. The lowest BCUT2D eigenvalue weighted by Gasteiger charge is -2.37. The summed E-state index contributed by atoms with van der Waals surface area (Å²) in [6.07, 6.45) is -0.0643. The first-order valence-electron chi connectivity index (χ1n) is 9.00. The highest BCUT2D eigenvalue weighted by atomic mass is 16.5. The Hall–Kier alpha value is -3.02. The number of aliphatic hydroxyl groups excluding tert-OH is 1. The minimum atomic E-state index is -0.679. The first-order valence-corrected chi connectivity index (χ1v) is 9.00. The first-order chi connectivity index (χ1) is 13.0. The van der Waals surface area contributed by atoms with Crippen LogP contribution in [0.5, 0.6) is 0 Å². The Bertz CT molecular complexity index is 918. The van der Waals surface area contributed by atoms with Crippen molar-refractivity contribution < 1.29 is 24.2 Å². The fourth-order valence-corrected chi connectivity index (χ4v) is 3.54. The van der Waals surface area contributed by atoms with Crippen molar-refractivity contribution in [3.8, 4) is 0 Å². The van der Waals surface area contributed by atoms with Crippen molar-refractivity contribution in [1.82, 2.24) is 0 Å². The van der Waals surface area contributed by atoms with Crippen LogP contribution in [0.25, 0.3) is 16.5 Å². The quantitative estimate of drug-likeness (QED) is 0.814. The Morgan fingerprint density at radius 1 is 1.07 bits per heavy atom. The summed E-state index contributed by atoms with van der Waals surface area (Å²) in [6, 6.07) is 10.8. The van der Waals surface area contributed by atoms with Gasteiger partial charge in [0.15, 0.2) is 0 Å². The molecule has 0 spiro atoms. The highest BCUT2D eigenvalue weighted by molar-refractivity contribution is 6.07. The van der Waals surface area contributed by atoms with Gasteiger partial charge in [0.25, 0.3) is 0 Å². The highest BCUT2D eigenvalue weighted by Gasteiger charge is 2.38. The maximum absolute atomic E-state index is 12.6. The third-order valence-electron chi connectivity index (χ3n) is 4.72. The van der Waals surface area contributed by atoms with Crippen LogP contribution in [0.3, 0.4) is 0 Å². The smallest absolute Gasteiger partial charge is 0.339 e. The molecule has 1 unspecified atom stereocenters. The van der Waals surface area contributed by atoms with Gasteiger partial charge in [-0.05, 0) is 25.3 Å². The van der Waals surface area contributed by atoms with Gasteiger partial charge in [-0.2, -0.15) is 0 Å². The zero-order valence-electron chi connectivity index (χ0n) is 15.7. The number of benzene rings is 2. The van der Waals surface area contributed by atoms with Gasteiger partial charge in [-0.1, -0.05) is 30.3 Å². The van der Waals surface area contributed by atoms with Crippen molar-refractivity contribution in [2.45, 2.75) is 26.3 Å². The number of anilines is 1. The third kappa shape index (κ3) is 3.35. The molecule has 2 aromatic rings. The van der Waals surface area contributed by atoms with Crippen LogP contribution in [0.2, 0.25) is 0 Å². The summed E-state index contributed by atoms with van der Waals surface area (Å²) in [6.45, 7) is 3.85. The van der Waals surface area contributed by atoms with Crippen molar-refractivity contribution in [2.75, 3.05) is 25.2 Å². The number of carbonyl (C=O) groups excluding carboxylic acids is 2. The Kier molecular flexibility index (Phi) is 5.35. The molecule has 0 aromatic heterocycles. The molecule has 6 heteroatoms. The first kappa shape index (κ1) is 18.8. The third-order valence-corrected chi connectivity index (χ3v) is 4.72. The van der Waals surface area contributed by atoms with E-state index in [1.165, 1.54) is 0 Å². The van der Waals surface area contributed by atoms with Crippen molar-refractivity contribution in [2.24, 2.45) is 0 Å². The van der Waals surface area contributed by atoms with Crippen molar-refractivity contribution in [3.63, 3.8) is 0 Å². The Balaban J connectivity index is 2.19. The second kappa shape index (κ2) is 7.70. The van der Waals surface area contributed by atoms with Crippen LogP contribution >= 0.6 is 0 Å². The van der Waals surface area contributed by atoms with E-state index in [9.17, 15) is 14.7 Å². The van der Waals surface area contributed by atoms with Crippen LogP contribution in [0, 0.1) is 0 Å². The van der Waals surface area contributed by atoms with E-state index in [4.69, 9.17) is 9.47 Å². The minimum absolute atomic E-state index is 0.0643. The van der Waals surface area contributed by atoms with Gasteiger partial charge in [0.1, 0.15) is 11.3 Å². The molecule has 1 heterocycles. The molecule has 0 radical (unpaired) electrons. The van der Waals surface area contributed by atoms with Crippen LogP contribution in [0.15, 0.2) is 42.0 Å². The molecular weight excluding hydrogens is 346 g/mol. The maximum atomic E-state index is 12.6. The van der Waals surface area contributed by atoms with Gasteiger partial charge in [0, 0.05) is 18.0 Å². The van der Waals surface area contributed by atoms with Gasteiger partial charge < -0.3 is 19.5 Å². The lowest BCUT2D eigenvalue weighted by molar-refractivity contribution is -0.143. The second-order valence-corrected chi connectivity index (χ2v) is 6.30. The van der Waals surface area contributed by atoms with Crippen LogP contribution in [-0.4, -0.2) is 43.3 Å². The summed E-state index contributed by atoms with van der Waals surface area (Å²) in [5, 5.41) is 12.8. The standard InChI is InChI=1S/C21H23NO5/c1-4-26-17(23)12-16-18(21(25)27-5-2)20(24)15-11-10-13-8-6-7-9-14(13)19(15)22(16)3/h6-11,16,24H,4-5,12H2,1-3H3. The van der Waals surface area contributed by atoms with Crippen molar-refractivity contribution in [3.05, 3.63) is 47.5 Å². The summed E-state index contributed by atoms with van der Waals surface area (Å²) < 4.78 is 10.2. The molecule has 1 aliphatic rings. The van der Waals surface area contributed by atoms with Crippen LogP contribution in [-0.2, 0) is 19.1 Å². The number of rotatable bonds is 5. The monoisotopic (exact) mass is 369 g/mol. The number of fused-ring (bicyclic) bond motifs is 3. The zero-order chi connectivity index (χ0) is 19.6. The summed E-state index contributed by atoms with van der Waals surface area (Å²) >= 11 is 0. The van der Waals surface area contributed by atoms with Gasteiger partial charge in [-0.3, -0.25) is 4.79 Å². The molecule has 0 saturated heterocycles. The normalized spacial score (nSPS) is 16.3. The van der Waals surface area contributed by atoms with E-state index in [2.05, 4.69) is 0 Å². The van der Waals surface area contributed by atoms with Gasteiger partial charge in [-0.15, -0.1) is 0 Å². The Morgan fingerprint density at radius 2 is 1.78 bits per heavy atom. The van der Waals surface area contributed by atoms with Crippen LogP contribution < -0.4 is 4.90 Å². The largest absolute Gasteiger partial charge is 0.507 e. The van der Waals surface area contributed by atoms with Crippen LogP contribution in [0.1, 0.15) is 25.8 Å². The molecular formula is C21H23NO5. The van der Waals surface area contributed by atoms with Gasteiger partial charge >= 0.3 is 11.9 Å². The van der Waals surface area contributed by atoms with Gasteiger partial charge in [0.05, 0.1) is 31.4 Å². The molecule has 3 rings (SSSR count). The number of ether oxygens (including phenoxy) is 2. The van der Waals surface area contributed by atoms with E-state index >= 15 is 0 Å². The number of aliphatic hydroxyl groups is 1. The summed E-state index contributed by atoms with van der Waals surface area (Å²) in [5.74, 6) is -1.22. The SMILES string of the molecule is CCOC(=O)CC1C(C(=O)OCC)=C(O)c2ccc3ccccc3c2N1C. The Morgan fingerprint density at radius 3 is 2.48 bits per heavy atom. The predicted molar refractivity (Wildman–Crippen MR) is 104 cm³/mol. The topological polar surface area (TPSA) is 76.1 Å². The van der Waals surface area contributed by atoms with Crippen molar-refractivity contribution in [1.29, 1.82) is 0 Å². The zero-order valence-corrected chi connectivity index (χ0v) is 15.7. The average Bonchev–Trinajstić information content (AvgIpc) is 2.65. The van der Waals surface area contributed by atoms with Crippen molar-refractivity contribution >= 4 is 34.2 Å². The molecule has 1 N–H and O–H groups in total. The molecule has 0 fully saturated rings. The number of hydrogen-bond acceptors (Lipinski definition) is 6. The summed E-state index contributed by atoms with van der Waals surface area (Å²) in [4.78, 5) is 26.6. The number of likely N-dealkylation sites (N-methyl/N-ethyl adjacent to an activating group) is 1. The molecule has 2 aromatic carbocycles. The van der Waals surface area contributed by atoms with E-state index in [1.807, 2.05) is 35.2 Å². The van der Waals surface area contributed by atoms with E-state index < -0.39 is 18.0 Å². The Labute approximate surface area is 158 Å². The van der Waals surface area contributed by atoms with Gasteiger partial charge in [-0.25, -0.2) is 4.79 Å². The van der Waals surface area contributed by atoms with E-state index in [1.54, 1.807) is 27.0 Å². The van der Waals surface area contributed by atoms with E-state index in [0.717, 1.165) is 16.5 Å². The number of esters is 2.